The molecule has 2 N–H and O–H groups in total. The van der Waals surface area contributed by atoms with Gasteiger partial charge in [0.25, 0.3) is 0 Å². The van der Waals surface area contributed by atoms with E-state index in [1.54, 1.807) is 0 Å². The molecule has 0 saturated carbocycles. The zero-order valence-corrected chi connectivity index (χ0v) is 12.1. The fourth-order valence-electron chi connectivity index (χ4n) is 1.54. The average Bonchev–Trinajstić information content (AvgIpc) is 2.16. The Morgan fingerprint density at radius 2 is 1.68 bits per heavy atom. The van der Waals surface area contributed by atoms with Crippen LogP contribution in [0.4, 0.5) is 5.69 Å². The Balaban J connectivity index is 3.70. The van der Waals surface area contributed by atoms with Crippen molar-refractivity contribution in [2.45, 2.75) is 11.8 Å². The third-order valence-electron chi connectivity index (χ3n) is 2.34. The third-order valence-corrected chi connectivity index (χ3v) is 4.06. The summed E-state index contributed by atoms with van der Waals surface area (Å²) in [4.78, 5) is 10.7. The van der Waals surface area contributed by atoms with Crippen LogP contribution in [-0.2, 0) is 19.9 Å². The van der Waals surface area contributed by atoms with Gasteiger partial charge in [-0.2, -0.15) is 0 Å². The van der Waals surface area contributed by atoms with Crippen molar-refractivity contribution in [3.63, 3.8) is 0 Å². The van der Waals surface area contributed by atoms with E-state index in [-0.39, 0.29) is 21.7 Å². The lowest BCUT2D eigenvalue weighted by molar-refractivity contribution is 0.0696. The van der Waals surface area contributed by atoms with Crippen molar-refractivity contribution in [3.8, 4) is 0 Å². The van der Waals surface area contributed by atoms with Gasteiger partial charge in [0, 0.05) is 6.26 Å². The second kappa shape index (κ2) is 4.82. The SMILES string of the molecule is Cc1c(C(=O)O)ccc(S(C)(=O)=O)c1NS(C)(=O)=O. The summed E-state index contributed by atoms with van der Waals surface area (Å²) in [6, 6.07) is 2.20. The maximum absolute atomic E-state index is 11.6. The first-order chi connectivity index (χ1) is 8.43. The Hall–Kier alpha value is -1.61. The molecule has 0 radical (unpaired) electrons. The monoisotopic (exact) mass is 307 g/mol. The van der Waals surface area contributed by atoms with E-state index in [4.69, 9.17) is 5.11 Å². The first-order valence-electron chi connectivity index (χ1n) is 4.98. The largest absolute Gasteiger partial charge is 0.478 e. The van der Waals surface area contributed by atoms with Crippen LogP contribution in [0, 0.1) is 6.92 Å². The van der Waals surface area contributed by atoms with Crippen molar-refractivity contribution in [2.75, 3.05) is 17.2 Å². The standard InChI is InChI=1S/C10H13NO6S2/c1-6-7(10(12)13)4-5-8(18(2,14)15)9(6)11-19(3,16)17/h4-5,11H,1-3H3,(H,12,13). The van der Waals surface area contributed by atoms with Gasteiger partial charge in [0.05, 0.1) is 22.4 Å². The fourth-order valence-corrected chi connectivity index (χ4v) is 3.13. The highest BCUT2D eigenvalue weighted by molar-refractivity contribution is 7.92. The highest BCUT2D eigenvalue weighted by Gasteiger charge is 2.21. The highest BCUT2D eigenvalue weighted by atomic mass is 32.2. The lowest BCUT2D eigenvalue weighted by Gasteiger charge is -2.14. The molecular weight excluding hydrogens is 294 g/mol. The molecule has 0 aliphatic heterocycles. The van der Waals surface area contributed by atoms with Gasteiger partial charge in [-0.1, -0.05) is 0 Å². The summed E-state index contributed by atoms with van der Waals surface area (Å²) < 4.78 is 47.8. The predicted octanol–water partition coefficient (Wildman–Crippen LogP) is 0.468. The number of carboxylic acids is 1. The smallest absolute Gasteiger partial charge is 0.336 e. The van der Waals surface area contributed by atoms with Crippen LogP contribution in [0.25, 0.3) is 0 Å². The second-order valence-corrected chi connectivity index (χ2v) is 7.80. The van der Waals surface area contributed by atoms with Gasteiger partial charge in [0.15, 0.2) is 9.84 Å². The van der Waals surface area contributed by atoms with Crippen LogP contribution in [0.1, 0.15) is 15.9 Å². The summed E-state index contributed by atoms with van der Waals surface area (Å²) in [6.07, 6.45) is 1.77. The van der Waals surface area contributed by atoms with Crippen LogP contribution in [-0.4, -0.2) is 40.4 Å². The molecule has 106 valence electrons. The van der Waals surface area contributed by atoms with Crippen molar-refractivity contribution in [3.05, 3.63) is 23.3 Å². The van der Waals surface area contributed by atoms with E-state index in [1.807, 2.05) is 4.72 Å². The molecule has 7 nitrogen and oxygen atoms in total. The Morgan fingerprint density at radius 3 is 2.05 bits per heavy atom. The number of aromatic carboxylic acids is 1. The number of rotatable bonds is 4. The lowest BCUT2D eigenvalue weighted by atomic mass is 10.1. The van der Waals surface area contributed by atoms with Gasteiger partial charge in [-0.15, -0.1) is 0 Å². The van der Waals surface area contributed by atoms with Gasteiger partial charge in [0.1, 0.15) is 0 Å². The quantitative estimate of drug-likeness (QED) is 0.834. The molecule has 0 heterocycles. The molecule has 0 atom stereocenters. The maximum atomic E-state index is 11.6. The molecule has 0 spiro atoms. The van der Waals surface area contributed by atoms with E-state index in [0.29, 0.717) is 0 Å². The third kappa shape index (κ3) is 3.67. The molecule has 0 bridgehead atoms. The molecule has 0 saturated heterocycles. The van der Waals surface area contributed by atoms with Gasteiger partial charge < -0.3 is 5.11 Å². The molecule has 1 aromatic rings. The van der Waals surface area contributed by atoms with E-state index >= 15 is 0 Å². The molecule has 0 aliphatic rings. The van der Waals surface area contributed by atoms with E-state index < -0.39 is 25.8 Å². The maximum Gasteiger partial charge on any atom is 0.336 e. The van der Waals surface area contributed by atoms with Crippen molar-refractivity contribution in [1.29, 1.82) is 0 Å². The van der Waals surface area contributed by atoms with Gasteiger partial charge in [-0.3, -0.25) is 4.72 Å². The number of sulfonamides is 1. The lowest BCUT2D eigenvalue weighted by Crippen LogP contribution is -2.16. The summed E-state index contributed by atoms with van der Waals surface area (Å²) in [7, 11) is -7.42. The Kier molecular flexibility index (Phi) is 3.92. The zero-order chi connectivity index (χ0) is 15.0. The summed E-state index contributed by atoms with van der Waals surface area (Å²) in [6.45, 7) is 1.34. The van der Waals surface area contributed by atoms with Gasteiger partial charge in [-0.05, 0) is 24.6 Å². The molecule has 0 aromatic heterocycles. The topological polar surface area (TPSA) is 118 Å². The molecule has 1 rings (SSSR count). The molecule has 1 aromatic carbocycles. The normalized spacial score (nSPS) is 12.2. The number of anilines is 1. The summed E-state index contributed by atoms with van der Waals surface area (Å²) in [5.41, 5.74) is -0.357. The van der Waals surface area contributed by atoms with Crippen LogP contribution in [0.15, 0.2) is 17.0 Å². The molecule has 0 fully saturated rings. The fraction of sp³-hybridized carbons (Fsp3) is 0.300. The van der Waals surface area contributed by atoms with Crippen molar-refractivity contribution < 1.29 is 26.7 Å². The molecular formula is C10H13NO6S2. The summed E-state index contributed by atoms with van der Waals surface area (Å²) in [5.74, 6) is -1.27. The molecule has 0 aliphatic carbocycles. The number of hydrogen-bond acceptors (Lipinski definition) is 5. The first-order valence-corrected chi connectivity index (χ1v) is 8.76. The van der Waals surface area contributed by atoms with Crippen LogP contribution in [0.5, 0.6) is 0 Å². The molecule has 19 heavy (non-hydrogen) atoms. The van der Waals surface area contributed by atoms with Crippen LogP contribution in [0.3, 0.4) is 0 Å². The number of carbonyl (C=O) groups is 1. The number of sulfone groups is 1. The molecule has 0 unspecified atom stereocenters. The average molecular weight is 307 g/mol. The minimum absolute atomic E-state index is 0.0425. The van der Waals surface area contributed by atoms with Gasteiger partial charge in [0.2, 0.25) is 10.0 Å². The second-order valence-electron chi connectivity index (χ2n) is 4.06. The van der Waals surface area contributed by atoms with Crippen LogP contribution < -0.4 is 4.72 Å². The van der Waals surface area contributed by atoms with E-state index in [9.17, 15) is 21.6 Å². The van der Waals surface area contributed by atoms with E-state index in [1.165, 1.54) is 6.92 Å². The minimum atomic E-state index is -3.73. The Labute approximate surface area is 111 Å². The highest BCUT2D eigenvalue weighted by Crippen LogP contribution is 2.28. The van der Waals surface area contributed by atoms with Crippen LogP contribution in [0.2, 0.25) is 0 Å². The number of benzene rings is 1. The molecule has 0 amide bonds. The van der Waals surface area contributed by atoms with Crippen molar-refractivity contribution in [1.82, 2.24) is 0 Å². The predicted molar refractivity (Wildman–Crippen MR) is 69.7 cm³/mol. The Bertz CT molecular complexity index is 734. The van der Waals surface area contributed by atoms with E-state index in [2.05, 4.69) is 0 Å². The number of nitrogens with one attached hydrogen (secondary N) is 1. The number of hydrogen-bond donors (Lipinski definition) is 2. The van der Waals surface area contributed by atoms with Crippen molar-refractivity contribution in [2.24, 2.45) is 0 Å². The minimum Gasteiger partial charge on any atom is -0.478 e. The van der Waals surface area contributed by atoms with E-state index in [0.717, 1.165) is 24.6 Å². The van der Waals surface area contributed by atoms with Crippen molar-refractivity contribution >= 4 is 31.5 Å². The molecule has 9 heteroatoms. The van der Waals surface area contributed by atoms with Crippen LogP contribution >= 0.6 is 0 Å². The van der Waals surface area contributed by atoms with Gasteiger partial charge >= 0.3 is 5.97 Å². The summed E-state index contributed by atoms with van der Waals surface area (Å²) >= 11 is 0. The Morgan fingerprint density at radius 1 is 1.16 bits per heavy atom. The summed E-state index contributed by atoms with van der Waals surface area (Å²) in [5, 5.41) is 8.96. The number of carboxylic acid groups (broad SMARTS) is 1. The first kappa shape index (κ1) is 15.4. The van der Waals surface area contributed by atoms with Gasteiger partial charge in [-0.25, -0.2) is 21.6 Å². The zero-order valence-electron chi connectivity index (χ0n) is 10.5.